The second-order valence-corrected chi connectivity index (χ2v) is 10.4. The molecule has 1 unspecified atom stereocenters. The molecule has 0 amide bonds. The van der Waals surface area contributed by atoms with Gasteiger partial charge in [-0.15, -0.1) is 0 Å². The van der Waals surface area contributed by atoms with Gasteiger partial charge in [0.25, 0.3) is 22.1 Å². The highest BCUT2D eigenvalue weighted by molar-refractivity contribution is 9.10. The van der Waals surface area contributed by atoms with Crippen molar-refractivity contribution in [2.45, 2.75) is 36.3 Å². The molecule has 7 nitrogen and oxygen atoms in total. The summed E-state index contributed by atoms with van der Waals surface area (Å²) in [6, 6.07) is 7.70. The molecule has 1 atom stereocenters. The summed E-state index contributed by atoms with van der Waals surface area (Å²) in [6.07, 6.45) is -3.41. The van der Waals surface area contributed by atoms with Crippen LogP contribution >= 0.6 is 15.9 Å². The van der Waals surface area contributed by atoms with E-state index in [0.717, 1.165) is 24.3 Å². The largest absolute Gasteiger partial charge is 0.372 e. The van der Waals surface area contributed by atoms with E-state index in [1.165, 1.54) is 32.0 Å². The fraction of sp³-hybridized carbons (Fsp3) is 0.368. The highest BCUT2D eigenvalue weighted by Gasteiger charge is 2.59. The zero-order valence-electron chi connectivity index (χ0n) is 16.4. The molecule has 0 spiro atoms. The molecule has 12 heteroatoms. The zero-order valence-corrected chi connectivity index (χ0v) is 18.8. The highest BCUT2D eigenvalue weighted by atomic mass is 79.9. The average molecular weight is 523 g/mol. The highest BCUT2D eigenvalue weighted by Crippen LogP contribution is 2.46. The second-order valence-electron chi connectivity index (χ2n) is 7.63. The first kappa shape index (κ1) is 23.6. The molecule has 0 bridgehead atoms. The first-order chi connectivity index (χ1) is 14.3. The van der Waals surface area contributed by atoms with Crippen molar-refractivity contribution >= 4 is 31.6 Å². The third-order valence-electron chi connectivity index (χ3n) is 5.04. The van der Waals surface area contributed by atoms with Gasteiger partial charge in [-0.05, 0) is 38.1 Å². The SMILES string of the molecule is CC1(C)CN(S(=O)(=O)c2ccccc2[N+](=O)[O-])C(c2cc(Br)ccc2F)(C(F)F)CO1. The van der Waals surface area contributed by atoms with Gasteiger partial charge >= 0.3 is 0 Å². The van der Waals surface area contributed by atoms with Gasteiger partial charge in [-0.1, -0.05) is 28.1 Å². The molecule has 1 aliphatic rings. The van der Waals surface area contributed by atoms with Crippen molar-refractivity contribution < 1.29 is 31.2 Å². The van der Waals surface area contributed by atoms with Gasteiger partial charge in [0.15, 0.2) is 4.90 Å². The lowest BCUT2D eigenvalue weighted by Gasteiger charge is -2.50. The van der Waals surface area contributed by atoms with Gasteiger partial charge in [-0.3, -0.25) is 10.1 Å². The lowest BCUT2D eigenvalue weighted by molar-refractivity contribution is -0.387. The maximum atomic E-state index is 14.8. The van der Waals surface area contributed by atoms with Gasteiger partial charge in [0.05, 0.1) is 17.1 Å². The molecule has 1 saturated heterocycles. The molecule has 1 heterocycles. The van der Waals surface area contributed by atoms with Crippen LogP contribution in [0, 0.1) is 15.9 Å². The van der Waals surface area contributed by atoms with Crippen molar-refractivity contribution in [3.8, 4) is 0 Å². The van der Waals surface area contributed by atoms with Crippen LogP contribution < -0.4 is 0 Å². The topological polar surface area (TPSA) is 89.8 Å². The summed E-state index contributed by atoms with van der Waals surface area (Å²) in [7, 11) is -4.89. The molecule has 31 heavy (non-hydrogen) atoms. The fourth-order valence-electron chi connectivity index (χ4n) is 3.48. The van der Waals surface area contributed by atoms with E-state index in [1.807, 2.05) is 0 Å². The van der Waals surface area contributed by atoms with E-state index in [-0.39, 0.29) is 4.47 Å². The number of nitro groups is 1. The van der Waals surface area contributed by atoms with E-state index in [0.29, 0.717) is 4.31 Å². The Morgan fingerprint density at radius 3 is 2.48 bits per heavy atom. The first-order valence-electron chi connectivity index (χ1n) is 8.97. The molecule has 0 N–H and O–H groups in total. The molecule has 2 aromatic carbocycles. The Morgan fingerprint density at radius 2 is 1.87 bits per heavy atom. The van der Waals surface area contributed by atoms with Gasteiger partial charge in [-0.25, -0.2) is 21.6 Å². The number of benzene rings is 2. The van der Waals surface area contributed by atoms with E-state index < -0.39 is 67.6 Å². The van der Waals surface area contributed by atoms with E-state index in [2.05, 4.69) is 15.9 Å². The number of halogens is 4. The number of nitrogens with zero attached hydrogens (tertiary/aromatic N) is 2. The molecule has 0 radical (unpaired) electrons. The van der Waals surface area contributed by atoms with Crippen molar-refractivity contribution in [2.24, 2.45) is 0 Å². The minimum Gasteiger partial charge on any atom is -0.372 e. The molecule has 2 aromatic rings. The van der Waals surface area contributed by atoms with Crippen LogP contribution in [0.15, 0.2) is 51.8 Å². The zero-order chi connectivity index (χ0) is 23.2. The minimum absolute atomic E-state index is 0.247. The number of alkyl halides is 2. The Hall–Kier alpha value is -2.02. The monoisotopic (exact) mass is 522 g/mol. The molecule has 1 fully saturated rings. The predicted octanol–water partition coefficient (Wildman–Crippen LogP) is 4.46. The molecule has 0 saturated carbocycles. The van der Waals surface area contributed by atoms with Crippen LogP contribution in [-0.4, -0.2) is 42.8 Å². The van der Waals surface area contributed by atoms with Crippen molar-refractivity contribution in [1.29, 1.82) is 0 Å². The molecular weight excluding hydrogens is 505 g/mol. The van der Waals surface area contributed by atoms with Gasteiger partial charge in [0.2, 0.25) is 0 Å². The van der Waals surface area contributed by atoms with Crippen LogP contribution in [-0.2, 0) is 20.3 Å². The number of hydrogen-bond donors (Lipinski definition) is 0. The van der Waals surface area contributed by atoms with Crippen molar-refractivity contribution in [1.82, 2.24) is 4.31 Å². The summed E-state index contributed by atoms with van der Waals surface area (Å²) in [5.74, 6) is -1.06. The summed E-state index contributed by atoms with van der Waals surface area (Å²) in [5.41, 5.74) is -5.33. The Morgan fingerprint density at radius 1 is 1.23 bits per heavy atom. The molecule has 0 aliphatic carbocycles. The van der Waals surface area contributed by atoms with E-state index in [9.17, 15) is 31.7 Å². The number of sulfonamides is 1. The van der Waals surface area contributed by atoms with Gasteiger partial charge < -0.3 is 4.74 Å². The summed E-state index contributed by atoms with van der Waals surface area (Å²) in [5, 5.41) is 11.4. The minimum atomic E-state index is -4.89. The van der Waals surface area contributed by atoms with Crippen LogP contribution in [0.2, 0.25) is 0 Å². The van der Waals surface area contributed by atoms with Crippen LogP contribution in [0.4, 0.5) is 18.9 Å². The predicted molar refractivity (Wildman–Crippen MR) is 109 cm³/mol. The number of para-hydroxylation sites is 1. The maximum Gasteiger partial charge on any atom is 0.289 e. The molecule has 3 rings (SSSR count). The lowest BCUT2D eigenvalue weighted by atomic mass is 9.87. The summed E-state index contributed by atoms with van der Waals surface area (Å²) in [6.45, 7) is 1.53. The van der Waals surface area contributed by atoms with E-state index >= 15 is 0 Å². The second kappa shape index (κ2) is 8.15. The summed E-state index contributed by atoms with van der Waals surface area (Å²) >= 11 is 3.09. The fourth-order valence-corrected chi connectivity index (χ4v) is 5.88. The van der Waals surface area contributed by atoms with Crippen LogP contribution in [0.5, 0.6) is 0 Å². The Balaban J connectivity index is 2.34. The van der Waals surface area contributed by atoms with Gasteiger partial charge in [0.1, 0.15) is 11.4 Å². The number of rotatable bonds is 5. The molecule has 1 aliphatic heterocycles. The summed E-state index contributed by atoms with van der Waals surface area (Å²) in [4.78, 5) is 9.75. The van der Waals surface area contributed by atoms with Crippen molar-refractivity contribution in [3.05, 3.63) is 68.4 Å². The Labute approximate surface area is 185 Å². The smallest absolute Gasteiger partial charge is 0.289 e. The standard InChI is InChI=1S/C19H18BrF3N2O5S/c1-18(2)10-24(31(28,29)16-6-4-3-5-15(16)25(26)27)19(11-30-18,17(22)23)13-9-12(20)7-8-14(13)21/h3-9,17H,10-11H2,1-2H3. The van der Waals surface area contributed by atoms with Crippen molar-refractivity contribution in [3.63, 3.8) is 0 Å². The number of morpholine rings is 1. The van der Waals surface area contributed by atoms with Crippen LogP contribution in [0.25, 0.3) is 0 Å². The molecule has 168 valence electrons. The maximum absolute atomic E-state index is 14.8. The van der Waals surface area contributed by atoms with Crippen molar-refractivity contribution in [2.75, 3.05) is 13.2 Å². The third-order valence-corrected chi connectivity index (χ3v) is 7.47. The lowest BCUT2D eigenvalue weighted by Crippen LogP contribution is -2.65. The normalized spacial score (nSPS) is 21.9. The quantitative estimate of drug-likeness (QED) is 0.427. The van der Waals surface area contributed by atoms with Crippen LogP contribution in [0.1, 0.15) is 19.4 Å². The van der Waals surface area contributed by atoms with Crippen LogP contribution in [0.3, 0.4) is 0 Å². The Bertz CT molecular complexity index is 1130. The van der Waals surface area contributed by atoms with Gasteiger partial charge in [0, 0.05) is 22.6 Å². The third kappa shape index (κ3) is 4.09. The number of hydrogen-bond acceptors (Lipinski definition) is 5. The molecule has 0 aromatic heterocycles. The first-order valence-corrected chi connectivity index (χ1v) is 11.2. The number of nitro benzene ring substituents is 1. The average Bonchev–Trinajstić information content (AvgIpc) is 2.69. The van der Waals surface area contributed by atoms with E-state index in [1.54, 1.807) is 0 Å². The van der Waals surface area contributed by atoms with Gasteiger partial charge in [-0.2, -0.15) is 4.31 Å². The summed E-state index contributed by atoms with van der Waals surface area (Å²) < 4.78 is 77.5. The Kier molecular flexibility index (Phi) is 6.22. The molecular formula is C19H18BrF3N2O5S. The number of ether oxygens (including phenoxy) is 1. The van der Waals surface area contributed by atoms with E-state index in [4.69, 9.17) is 4.74 Å².